The molecule has 2 nitrogen and oxygen atoms in total. The van der Waals surface area contributed by atoms with Crippen LogP contribution in [0.2, 0.25) is 0 Å². The molecule has 2 heteroatoms. The van der Waals surface area contributed by atoms with Crippen molar-refractivity contribution >= 4 is 11.6 Å². The van der Waals surface area contributed by atoms with Crippen LogP contribution in [0.1, 0.15) is 30.0 Å². The largest absolute Gasteiger partial charge is 0.307 e. The van der Waals surface area contributed by atoms with Gasteiger partial charge in [-0.3, -0.25) is 4.79 Å². The Morgan fingerprint density at radius 3 is 2.08 bits per heavy atom. The van der Waals surface area contributed by atoms with Gasteiger partial charge in [0.05, 0.1) is 6.54 Å². The predicted octanol–water partition coefficient (Wildman–Crippen LogP) is 4.93. The molecule has 124 valence electrons. The predicted molar refractivity (Wildman–Crippen MR) is 102 cm³/mol. The maximum Gasteiger partial charge on any atom is 0.242 e. The number of carbonyl (C=O) groups excluding carboxylic acids is 1. The van der Waals surface area contributed by atoms with Gasteiger partial charge in [0.1, 0.15) is 5.41 Å². The van der Waals surface area contributed by atoms with Crippen molar-refractivity contribution in [3.63, 3.8) is 0 Å². The molecule has 0 saturated heterocycles. The first-order chi connectivity index (χ1) is 12.3. The van der Waals surface area contributed by atoms with Crippen LogP contribution >= 0.6 is 0 Å². The molecule has 0 N–H and O–H groups in total. The Morgan fingerprint density at radius 2 is 1.40 bits per heavy atom. The van der Waals surface area contributed by atoms with Crippen molar-refractivity contribution in [2.45, 2.75) is 25.3 Å². The van der Waals surface area contributed by atoms with Crippen LogP contribution in [-0.2, 0) is 16.8 Å². The Kier molecular flexibility index (Phi) is 3.89. The number of carbonyl (C=O) groups is 1. The van der Waals surface area contributed by atoms with Gasteiger partial charge in [-0.25, -0.2) is 0 Å². The topological polar surface area (TPSA) is 20.3 Å². The molecule has 0 radical (unpaired) electrons. The lowest BCUT2D eigenvalue weighted by molar-refractivity contribution is -0.122. The van der Waals surface area contributed by atoms with E-state index in [1.165, 1.54) is 0 Å². The first-order valence-corrected chi connectivity index (χ1v) is 8.78. The summed E-state index contributed by atoms with van der Waals surface area (Å²) in [6.07, 6.45) is 0.748. The third kappa shape index (κ3) is 2.37. The van der Waals surface area contributed by atoms with Crippen molar-refractivity contribution in [2.75, 3.05) is 4.90 Å². The number of para-hydroxylation sites is 1. The number of nitrogens with zero attached hydrogens (tertiary/aromatic N) is 1. The second-order valence-electron chi connectivity index (χ2n) is 6.52. The SMILES string of the molecule is CC[C@@]1(c2ccccc2)C(=O)N(Cc2ccccc2)c2ccccc21. The fraction of sp³-hybridized carbons (Fsp3) is 0.174. The van der Waals surface area contributed by atoms with Gasteiger partial charge in [0.15, 0.2) is 0 Å². The lowest BCUT2D eigenvalue weighted by Gasteiger charge is -2.28. The minimum atomic E-state index is -0.591. The number of fused-ring (bicyclic) bond motifs is 1. The molecule has 0 unspecified atom stereocenters. The van der Waals surface area contributed by atoms with Crippen molar-refractivity contribution in [1.82, 2.24) is 0 Å². The lowest BCUT2D eigenvalue weighted by Crippen LogP contribution is -2.40. The van der Waals surface area contributed by atoms with Gasteiger partial charge in [-0.1, -0.05) is 85.8 Å². The molecule has 1 aliphatic rings. The van der Waals surface area contributed by atoms with E-state index in [9.17, 15) is 4.79 Å². The summed E-state index contributed by atoms with van der Waals surface area (Å²) in [6.45, 7) is 2.71. The molecule has 4 rings (SSSR count). The molecule has 0 saturated carbocycles. The summed E-state index contributed by atoms with van der Waals surface area (Å²) in [5.41, 5.74) is 3.77. The maximum absolute atomic E-state index is 13.6. The van der Waals surface area contributed by atoms with Crippen LogP contribution in [0.4, 0.5) is 5.69 Å². The van der Waals surface area contributed by atoms with Gasteiger partial charge in [-0.2, -0.15) is 0 Å². The number of hydrogen-bond acceptors (Lipinski definition) is 1. The normalized spacial score (nSPS) is 19.1. The summed E-state index contributed by atoms with van der Waals surface area (Å²) in [6, 6.07) is 28.6. The van der Waals surface area contributed by atoms with Gasteiger partial charge in [0.2, 0.25) is 5.91 Å². The molecule has 0 aliphatic carbocycles. The number of amides is 1. The van der Waals surface area contributed by atoms with Crippen LogP contribution in [0.25, 0.3) is 0 Å². The van der Waals surface area contributed by atoms with E-state index >= 15 is 0 Å². The van der Waals surface area contributed by atoms with Crippen LogP contribution in [0.15, 0.2) is 84.9 Å². The first-order valence-electron chi connectivity index (χ1n) is 8.78. The highest BCUT2D eigenvalue weighted by Gasteiger charge is 2.50. The van der Waals surface area contributed by atoms with Crippen LogP contribution in [0.5, 0.6) is 0 Å². The average Bonchev–Trinajstić information content (AvgIpc) is 2.92. The quantitative estimate of drug-likeness (QED) is 0.665. The highest BCUT2D eigenvalue weighted by molar-refractivity contribution is 6.10. The van der Waals surface area contributed by atoms with Gasteiger partial charge in [-0.05, 0) is 29.2 Å². The lowest BCUT2D eigenvalue weighted by atomic mass is 9.73. The van der Waals surface area contributed by atoms with E-state index < -0.39 is 5.41 Å². The molecule has 0 spiro atoms. The van der Waals surface area contributed by atoms with Gasteiger partial charge in [0.25, 0.3) is 0 Å². The molecular formula is C23H21NO. The molecule has 25 heavy (non-hydrogen) atoms. The standard InChI is InChI=1S/C23H21NO/c1-2-23(19-13-7-4-8-14-19)20-15-9-10-16-21(20)24(22(23)25)17-18-11-5-3-6-12-18/h3-16H,2,17H2,1H3/t23-/m0/s1. The van der Waals surface area contributed by atoms with Gasteiger partial charge in [-0.15, -0.1) is 0 Å². The van der Waals surface area contributed by atoms with E-state index in [4.69, 9.17) is 0 Å². The van der Waals surface area contributed by atoms with Crippen LogP contribution < -0.4 is 4.90 Å². The molecule has 3 aromatic carbocycles. The van der Waals surface area contributed by atoms with Crippen molar-refractivity contribution in [2.24, 2.45) is 0 Å². The first kappa shape index (κ1) is 15.6. The Balaban J connectivity index is 1.86. The highest BCUT2D eigenvalue weighted by atomic mass is 16.2. The van der Waals surface area contributed by atoms with Crippen molar-refractivity contribution in [3.8, 4) is 0 Å². The van der Waals surface area contributed by atoms with E-state index in [0.29, 0.717) is 6.54 Å². The highest BCUT2D eigenvalue weighted by Crippen LogP contribution is 2.48. The Labute approximate surface area is 148 Å². The monoisotopic (exact) mass is 327 g/mol. The second-order valence-corrected chi connectivity index (χ2v) is 6.52. The van der Waals surface area contributed by atoms with Crippen molar-refractivity contribution in [1.29, 1.82) is 0 Å². The van der Waals surface area contributed by atoms with E-state index in [2.05, 4.69) is 43.3 Å². The average molecular weight is 327 g/mol. The van der Waals surface area contributed by atoms with Crippen molar-refractivity contribution in [3.05, 3.63) is 102 Å². The third-order valence-electron chi connectivity index (χ3n) is 5.25. The summed E-state index contributed by atoms with van der Waals surface area (Å²) in [4.78, 5) is 15.6. The molecule has 1 heterocycles. The minimum Gasteiger partial charge on any atom is -0.307 e. The van der Waals surface area contributed by atoms with Gasteiger partial charge < -0.3 is 4.90 Å². The summed E-state index contributed by atoms with van der Waals surface area (Å²) in [7, 11) is 0. The molecule has 1 atom stereocenters. The fourth-order valence-electron chi connectivity index (χ4n) is 4.00. The summed E-state index contributed by atoms with van der Waals surface area (Å²) in [5, 5.41) is 0. The van der Waals surface area contributed by atoms with Crippen LogP contribution in [0.3, 0.4) is 0 Å². The molecule has 0 aromatic heterocycles. The zero-order valence-electron chi connectivity index (χ0n) is 14.4. The summed E-state index contributed by atoms with van der Waals surface area (Å²) >= 11 is 0. The van der Waals surface area contributed by atoms with Crippen LogP contribution in [-0.4, -0.2) is 5.91 Å². The minimum absolute atomic E-state index is 0.172. The molecule has 0 bridgehead atoms. The van der Waals surface area contributed by atoms with Gasteiger partial charge in [0, 0.05) is 5.69 Å². The van der Waals surface area contributed by atoms with Crippen LogP contribution in [0, 0.1) is 0 Å². The Bertz CT molecular complexity index is 888. The molecule has 3 aromatic rings. The number of hydrogen-bond donors (Lipinski definition) is 0. The molecule has 0 fully saturated rings. The zero-order chi connectivity index (χ0) is 17.3. The van der Waals surface area contributed by atoms with E-state index in [1.54, 1.807) is 0 Å². The Morgan fingerprint density at radius 1 is 0.800 bits per heavy atom. The third-order valence-corrected chi connectivity index (χ3v) is 5.25. The molecule has 1 amide bonds. The Hall–Kier alpha value is -2.87. The maximum atomic E-state index is 13.6. The smallest absolute Gasteiger partial charge is 0.242 e. The zero-order valence-corrected chi connectivity index (χ0v) is 14.4. The van der Waals surface area contributed by atoms with E-state index in [-0.39, 0.29) is 5.91 Å². The van der Waals surface area contributed by atoms with E-state index in [0.717, 1.165) is 28.8 Å². The number of anilines is 1. The molecular weight excluding hydrogens is 306 g/mol. The summed E-state index contributed by atoms with van der Waals surface area (Å²) < 4.78 is 0. The molecule has 1 aliphatic heterocycles. The van der Waals surface area contributed by atoms with E-state index in [1.807, 2.05) is 53.4 Å². The fourth-order valence-corrected chi connectivity index (χ4v) is 4.00. The summed E-state index contributed by atoms with van der Waals surface area (Å²) in [5.74, 6) is 0.172. The number of rotatable bonds is 4. The number of benzene rings is 3. The second kappa shape index (κ2) is 6.21. The van der Waals surface area contributed by atoms with Crippen molar-refractivity contribution < 1.29 is 4.79 Å². The van der Waals surface area contributed by atoms with Gasteiger partial charge >= 0.3 is 0 Å².